The molecule has 10 heteroatoms. The SMILES string of the molecule is CC1=[C-]COS1(=O)=O.[C-]#[O+].[C-]#[O+].[C-]#[O+].[C-]#[O+].[C-]#[O+].[Mn]. The van der Waals surface area contributed by atoms with E-state index < -0.39 is 10.1 Å². The Balaban J connectivity index is -0.0000000332. The third-order valence-corrected chi connectivity index (χ3v) is 2.23. The third-order valence-electron chi connectivity index (χ3n) is 0.910. The second-order valence-corrected chi connectivity index (χ2v) is 3.21. The minimum absolute atomic E-state index is 0. The standard InChI is InChI=1S/C4H5O3S.5CO.Mn/c1-4-2-3-7-8(4,5)6;5*1-2;/h3H2,1H3;;;;;;/q-1;;;;;;. The normalized spacial score (nSPS) is 11.2. The number of allylic oxidation sites excluding steroid dienone is 1. The van der Waals surface area contributed by atoms with Crippen LogP contribution in [0, 0.1) is 39.3 Å². The van der Waals surface area contributed by atoms with Gasteiger partial charge in [0.25, 0.3) is 10.1 Å². The molecule has 0 fully saturated rings. The maximum atomic E-state index is 10.4. The average Bonchev–Trinajstić information content (AvgIpc) is 2.79. The van der Waals surface area contributed by atoms with Crippen molar-refractivity contribution in [3.05, 3.63) is 44.2 Å². The summed E-state index contributed by atoms with van der Waals surface area (Å²) in [4.78, 5) is 0.192. The maximum Gasteiger partial charge on any atom is 0 e. The Morgan fingerprint density at radius 3 is 1.26 bits per heavy atom. The largest absolute Gasteiger partial charge is 0 e. The Kier molecular flexibility index (Phi) is 68.3. The molecule has 1 rings (SSSR count). The summed E-state index contributed by atoms with van der Waals surface area (Å²) >= 11 is 0. The van der Waals surface area contributed by atoms with Crippen LogP contribution < -0.4 is 0 Å². The zero-order valence-electron chi connectivity index (χ0n) is 9.26. The molecule has 0 amide bonds. The van der Waals surface area contributed by atoms with Crippen LogP contribution in [0.5, 0.6) is 0 Å². The first-order valence-electron chi connectivity index (χ1n) is 3.12. The van der Waals surface area contributed by atoms with Crippen molar-refractivity contribution in [1.29, 1.82) is 0 Å². The molecule has 1 radical (unpaired) electrons. The van der Waals surface area contributed by atoms with Crippen molar-refractivity contribution in [2.75, 3.05) is 6.61 Å². The van der Waals surface area contributed by atoms with Crippen LogP contribution >= 0.6 is 0 Å². The van der Waals surface area contributed by atoms with E-state index in [1.54, 1.807) is 0 Å². The monoisotopic (exact) mass is 328 g/mol. The molecule has 0 aromatic rings. The first-order chi connectivity index (χ1) is 8.63. The second-order valence-electron chi connectivity index (χ2n) is 1.45. The van der Waals surface area contributed by atoms with Gasteiger partial charge >= 0.3 is 56.5 Å². The predicted molar refractivity (Wildman–Crippen MR) is 46.9 cm³/mol. The van der Waals surface area contributed by atoms with Crippen molar-refractivity contribution < 1.29 is 52.9 Å². The van der Waals surface area contributed by atoms with Crippen molar-refractivity contribution in [2.24, 2.45) is 0 Å². The molecule has 0 aliphatic carbocycles. The van der Waals surface area contributed by atoms with Crippen LogP contribution in [0.25, 0.3) is 0 Å². The molecule has 1 heterocycles. The van der Waals surface area contributed by atoms with Gasteiger partial charge in [0.1, 0.15) is 0 Å². The minimum atomic E-state index is -3.32. The van der Waals surface area contributed by atoms with Crippen LogP contribution in [0.2, 0.25) is 0 Å². The fourth-order valence-corrected chi connectivity index (χ4v) is 1.01. The van der Waals surface area contributed by atoms with Gasteiger partial charge in [-0.3, -0.25) is 0 Å². The van der Waals surface area contributed by atoms with E-state index in [0.717, 1.165) is 0 Å². The van der Waals surface area contributed by atoms with Gasteiger partial charge in [-0.1, -0.05) is 13.5 Å². The topological polar surface area (TPSA) is 143 Å². The maximum absolute atomic E-state index is 10.4. The van der Waals surface area contributed by atoms with E-state index in [1.165, 1.54) is 6.92 Å². The molecule has 0 saturated heterocycles. The quantitative estimate of drug-likeness (QED) is 0.264. The fraction of sp³-hybridized carbons (Fsp3) is 0.222. The van der Waals surface area contributed by atoms with Crippen molar-refractivity contribution in [3.8, 4) is 0 Å². The van der Waals surface area contributed by atoms with Crippen LogP contribution in [0.4, 0.5) is 0 Å². The van der Waals surface area contributed by atoms with E-state index >= 15 is 0 Å². The minimum Gasteiger partial charge on any atom is 0 e. The van der Waals surface area contributed by atoms with Gasteiger partial charge < -0.3 is 10.3 Å². The number of rotatable bonds is 0. The summed E-state index contributed by atoms with van der Waals surface area (Å²) in [5, 5.41) is 0. The van der Waals surface area contributed by atoms with Crippen LogP contribution in [-0.2, 0) is 54.6 Å². The first-order valence-corrected chi connectivity index (χ1v) is 4.53. The Bertz CT molecular complexity index is 363. The van der Waals surface area contributed by atoms with Gasteiger partial charge in [-0.15, -0.1) is 4.91 Å². The van der Waals surface area contributed by atoms with Crippen LogP contribution in [0.1, 0.15) is 6.92 Å². The molecule has 0 bridgehead atoms. The van der Waals surface area contributed by atoms with Gasteiger partial charge in [0, 0.05) is 17.1 Å². The van der Waals surface area contributed by atoms with Crippen LogP contribution in [0.15, 0.2) is 4.91 Å². The summed E-state index contributed by atoms with van der Waals surface area (Å²) in [6.45, 7) is 24.0. The summed E-state index contributed by atoms with van der Waals surface area (Å²) in [6, 6.07) is 0. The Morgan fingerprint density at radius 1 is 0.947 bits per heavy atom. The molecule has 1 aliphatic rings. The molecule has 0 aromatic heterocycles. The predicted octanol–water partition coefficient (Wildman–Crippen LogP) is -0.137. The molecule has 8 nitrogen and oxygen atoms in total. The summed E-state index contributed by atoms with van der Waals surface area (Å²) in [7, 11) is -3.32. The summed E-state index contributed by atoms with van der Waals surface area (Å²) in [6.07, 6.45) is 2.52. The van der Waals surface area contributed by atoms with E-state index in [0.29, 0.717) is 0 Å². The van der Waals surface area contributed by atoms with Gasteiger partial charge in [0.2, 0.25) is 0 Å². The molecular weight excluding hydrogens is 323 g/mol. The molecule has 0 N–H and O–H groups in total. The molecule has 19 heavy (non-hydrogen) atoms. The molecule has 0 unspecified atom stereocenters. The van der Waals surface area contributed by atoms with E-state index in [9.17, 15) is 8.42 Å². The fourth-order valence-electron chi connectivity index (χ4n) is 0.385. The van der Waals surface area contributed by atoms with Crippen LogP contribution in [0.3, 0.4) is 0 Å². The molecular formula is C9H5MnO8S-. The number of hydrogen-bond donors (Lipinski definition) is 0. The number of hydrogen-bond acceptors (Lipinski definition) is 3. The van der Waals surface area contributed by atoms with E-state index in [4.69, 9.17) is 23.3 Å². The van der Waals surface area contributed by atoms with E-state index in [-0.39, 0.29) is 28.6 Å². The molecule has 0 aromatic carbocycles. The molecule has 0 spiro atoms. The van der Waals surface area contributed by atoms with Gasteiger partial charge in [-0.05, 0) is 0 Å². The second kappa shape index (κ2) is 36.0. The van der Waals surface area contributed by atoms with E-state index in [1.807, 2.05) is 0 Å². The van der Waals surface area contributed by atoms with Crippen molar-refractivity contribution >= 4 is 10.1 Å². The van der Waals surface area contributed by atoms with Crippen molar-refractivity contribution in [3.63, 3.8) is 0 Å². The Morgan fingerprint density at radius 2 is 1.21 bits per heavy atom. The summed E-state index contributed by atoms with van der Waals surface area (Å²) in [5.41, 5.74) is 0. The Labute approximate surface area is 121 Å². The first kappa shape index (κ1) is 36.1. The Hall–Kier alpha value is -1.13. The van der Waals surface area contributed by atoms with Gasteiger partial charge in [0.05, 0.1) is 0 Å². The van der Waals surface area contributed by atoms with Gasteiger partial charge in [0.15, 0.2) is 0 Å². The zero-order valence-corrected chi connectivity index (χ0v) is 11.3. The average molecular weight is 328 g/mol. The van der Waals surface area contributed by atoms with E-state index in [2.05, 4.69) is 43.5 Å². The molecule has 103 valence electrons. The third kappa shape index (κ3) is 26.5. The van der Waals surface area contributed by atoms with Crippen LogP contribution in [-0.4, -0.2) is 15.0 Å². The molecule has 0 atom stereocenters. The molecule has 1 aliphatic heterocycles. The van der Waals surface area contributed by atoms with Crippen molar-refractivity contribution in [2.45, 2.75) is 6.92 Å². The zero-order chi connectivity index (χ0) is 16.2. The summed E-state index contributed by atoms with van der Waals surface area (Å²) < 4.78 is 62.7. The van der Waals surface area contributed by atoms with Gasteiger partial charge in [-0.2, -0.15) is 8.42 Å². The molecule has 0 saturated carbocycles. The van der Waals surface area contributed by atoms with Crippen molar-refractivity contribution in [1.82, 2.24) is 0 Å². The van der Waals surface area contributed by atoms with Gasteiger partial charge in [-0.25, -0.2) is 0 Å². The summed E-state index contributed by atoms with van der Waals surface area (Å²) in [5.74, 6) is 0. The smallest absolute Gasteiger partial charge is 0 e.